The molecule has 1 heterocycles. The standard InChI is InChI=1S/C23H31BN2P.HI/c1-18-14-19(2)22(20(3)15-18)26-13-12-25(17-26)16-24-27(23(4,5)6)21-10-8-7-9-11-21;/h7-15,17,24H,16H2,1-6H3;1H/q+1;/p-1. The third-order valence-corrected chi connectivity index (χ3v) is 8.23. The Morgan fingerprint density at radius 2 is 1.61 bits per heavy atom. The lowest BCUT2D eigenvalue weighted by Gasteiger charge is -2.31. The van der Waals surface area contributed by atoms with Crippen LogP contribution < -0.4 is 33.8 Å². The molecule has 2 aromatic carbocycles. The van der Waals surface area contributed by atoms with Gasteiger partial charge in [-0.1, -0.05) is 68.8 Å². The first-order valence-electron chi connectivity index (χ1n) is 9.73. The quantitative estimate of drug-likeness (QED) is 0.216. The second-order valence-corrected chi connectivity index (χ2v) is 11.6. The molecular formula is C23H31BIN2P. The van der Waals surface area contributed by atoms with Crippen LogP contribution in [0.1, 0.15) is 37.5 Å². The van der Waals surface area contributed by atoms with Gasteiger partial charge in [0.1, 0.15) is 18.1 Å². The van der Waals surface area contributed by atoms with Gasteiger partial charge in [0.2, 0.25) is 13.3 Å². The predicted molar refractivity (Wildman–Crippen MR) is 120 cm³/mol. The lowest BCUT2D eigenvalue weighted by molar-refractivity contribution is -0.596. The van der Waals surface area contributed by atoms with Crippen LogP contribution in [0.2, 0.25) is 0 Å². The monoisotopic (exact) mass is 504 g/mol. The zero-order valence-corrected chi connectivity index (χ0v) is 21.0. The molecule has 1 unspecified atom stereocenters. The van der Waals surface area contributed by atoms with Crippen LogP contribution in [0.25, 0.3) is 5.69 Å². The summed E-state index contributed by atoms with van der Waals surface area (Å²) in [6.07, 6.45) is 7.69. The number of aryl methyl sites for hydroxylation is 3. The van der Waals surface area contributed by atoms with E-state index in [1.165, 1.54) is 34.7 Å². The number of nitrogens with zero attached hydrogens (tertiary/aromatic N) is 2. The fraction of sp³-hybridized carbons (Fsp3) is 0.348. The van der Waals surface area contributed by atoms with Crippen LogP contribution in [0.4, 0.5) is 0 Å². The molecule has 1 aromatic heterocycles. The highest BCUT2D eigenvalue weighted by Crippen LogP contribution is 2.46. The van der Waals surface area contributed by atoms with Gasteiger partial charge in [-0.05, 0) is 42.4 Å². The minimum atomic E-state index is -0.212. The average Bonchev–Trinajstić information content (AvgIpc) is 3.02. The van der Waals surface area contributed by atoms with E-state index in [9.17, 15) is 0 Å². The highest BCUT2D eigenvalue weighted by Gasteiger charge is 2.27. The van der Waals surface area contributed by atoms with Crippen LogP contribution >= 0.6 is 7.80 Å². The number of hydrogen-bond donors (Lipinski definition) is 0. The van der Waals surface area contributed by atoms with Crippen LogP contribution in [-0.2, 0) is 6.44 Å². The summed E-state index contributed by atoms with van der Waals surface area (Å²) in [5.41, 5.74) is 5.29. The third kappa shape index (κ3) is 5.48. The lowest BCUT2D eigenvalue weighted by Crippen LogP contribution is -3.00. The van der Waals surface area contributed by atoms with Crippen molar-refractivity contribution in [3.05, 3.63) is 77.9 Å². The molecule has 2 nitrogen and oxygen atoms in total. The molecule has 28 heavy (non-hydrogen) atoms. The molecule has 0 aliphatic rings. The number of aromatic nitrogens is 2. The van der Waals surface area contributed by atoms with E-state index >= 15 is 0 Å². The molecule has 0 saturated heterocycles. The zero-order valence-electron chi connectivity index (χ0n) is 17.9. The van der Waals surface area contributed by atoms with Gasteiger partial charge >= 0.3 is 0 Å². The van der Waals surface area contributed by atoms with Crippen LogP contribution in [-0.4, -0.2) is 16.7 Å². The van der Waals surface area contributed by atoms with Gasteiger partial charge in [0.05, 0.1) is 6.44 Å². The van der Waals surface area contributed by atoms with E-state index in [0.29, 0.717) is 5.16 Å². The number of halogens is 1. The third-order valence-electron chi connectivity index (χ3n) is 5.04. The molecule has 5 heteroatoms. The first-order valence-corrected chi connectivity index (χ1v) is 11.3. The number of benzene rings is 2. The fourth-order valence-corrected chi connectivity index (χ4v) is 6.58. The molecular weight excluding hydrogens is 473 g/mol. The Labute approximate surface area is 189 Å². The minimum Gasteiger partial charge on any atom is -1.00 e. The van der Waals surface area contributed by atoms with Gasteiger partial charge in [-0.2, -0.15) is 0 Å². The maximum atomic E-state index is 2.38. The molecule has 0 aliphatic heterocycles. The van der Waals surface area contributed by atoms with Crippen molar-refractivity contribution in [3.8, 4) is 5.69 Å². The molecule has 0 saturated carbocycles. The Hall–Kier alpha value is -1.13. The van der Waals surface area contributed by atoms with Crippen molar-refractivity contribution in [2.24, 2.45) is 0 Å². The van der Waals surface area contributed by atoms with Crippen molar-refractivity contribution < 1.29 is 28.5 Å². The van der Waals surface area contributed by atoms with Crippen molar-refractivity contribution in [1.29, 1.82) is 0 Å². The summed E-state index contributed by atoms with van der Waals surface area (Å²) in [5.74, 6) is 0. The number of imidazole rings is 1. The summed E-state index contributed by atoms with van der Waals surface area (Å²) >= 11 is 0. The van der Waals surface area contributed by atoms with Crippen molar-refractivity contribution in [2.45, 2.75) is 53.1 Å². The maximum absolute atomic E-state index is 2.38. The van der Waals surface area contributed by atoms with Crippen LogP contribution in [0.5, 0.6) is 0 Å². The molecule has 0 N–H and O–H groups in total. The highest BCUT2D eigenvalue weighted by molar-refractivity contribution is 7.92. The van der Waals surface area contributed by atoms with Gasteiger partial charge in [0, 0.05) is 0 Å². The first-order chi connectivity index (χ1) is 12.8. The Balaban J connectivity index is 0.00000280. The fourth-order valence-electron chi connectivity index (χ4n) is 3.91. The van der Waals surface area contributed by atoms with Gasteiger partial charge < -0.3 is 24.0 Å². The van der Waals surface area contributed by atoms with Crippen LogP contribution in [0, 0.1) is 20.8 Å². The second kappa shape index (κ2) is 9.58. The van der Waals surface area contributed by atoms with E-state index in [1.54, 1.807) is 0 Å². The summed E-state index contributed by atoms with van der Waals surface area (Å²) in [6.45, 7) is 14.9. The maximum Gasteiger partial charge on any atom is 0.248 e. The summed E-state index contributed by atoms with van der Waals surface area (Å²) in [6, 6.07) is 15.6. The Morgan fingerprint density at radius 1 is 1.00 bits per heavy atom. The first kappa shape index (κ1) is 23.2. The van der Waals surface area contributed by atoms with Gasteiger partial charge in [-0.15, -0.1) is 7.80 Å². The SMILES string of the molecule is Cc1cc(C)c(-[n+]2ccn(CBP(c3ccccc3)C(C)(C)C)c2)c(C)c1.[I-]. The molecule has 148 valence electrons. The van der Waals surface area contributed by atoms with Gasteiger partial charge in [0.15, 0.2) is 0 Å². The summed E-state index contributed by atoms with van der Waals surface area (Å²) in [5, 5.41) is 1.81. The van der Waals surface area contributed by atoms with Crippen LogP contribution in [0.15, 0.2) is 61.2 Å². The molecule has 0 radical (unpaired) electrons. The molecule has 0 fully saturated rings. The topological polar surface area (TPSA) is 8.81 Å². The van der Waals surface area contributed by atoms with Gasteiger partial charge in [0.25, 0.3) is 0 Å². The summed E-state index contributed by atoms with van der Waals surface area (Å²) in [4.78, 5) is 0. The van der Waals surface area contributed by atoms with Crippen molar-refractivity contribution >= 4 is 20.1 Å². The molecule has 3 aromatic rings. The van der Waals surface area contributed by atoms with Gasteiger partial charge in [-0.25, -0.2) is 9.13 Å². The van der Waals surface area contributed by atoms with E-state index in [-0.39, 0.29) is 31.8 Å². The summed E-state index contributed by atoms with van der Waals surface area (Å²) in [7, 11) is -0.212. The Kier molecular flexibility index (Phi) is 7.93. The van der Waals surface area contributed by atoms with Gasteiger partial charge in [-0.3, -0.25) is 0 Å². The normalized spacial score (nSPS) is 12.4. The van der Waals surface area contributed by atoms with Crippen molar-refractivity contribution in [2.75, 3.05) is 0 Å². The highest BCUT2D eigenvalue weighted by atomic mass is 127. The smallest absolute Gasteiger partial charge is 0.248 e. The van der Waals surface area contributed by atoms with Crippen LogP contribution in [0.3, 0.4) is 0 Å². The molecule has 1 atom stereocenters. The average molecular weight is 504 g/mol. The van der Waals surface area contributed by atoms with E-state index in [4.69, 9.17) is 0 Å². The Bertz CT molecular complexity index is 893. The molecule has 3 rings (SSSR count). The van der Waals surface area contributed by atoms with E-state index in [1.807, 2.05) is 0 Å². The lowest BCUT2D eigenvalue weighted by atomic mass is 10.1. The predicted octanol–water partition coefficient (Wildman–Crippen LogP) is 1.61. The summed E-state index contributed by atoms with van der Waals surface area (Å²) < 4.78 is 4.61. The Morgan fingerprint density at radius 3 is 2.18 bits per heavy atom. The molecule has 0 spiro atoms. The van der Waals surface area contributed by atoms with E-state index < -0.39 is 0 Å². The molecule has 0 aliphatic carbocycles. The second-order valence-electron chi connectivity index (χ2n) is 8.46. The van der Waals surface area contributed by atoms with Crippen molar-refractivity contribution in [1.82, 2.24) is 4.57 Å². The number of hydrogen-bond acceptors (Lipinski definition) is 0. The largest absolute Gasteiger partial charge is 1.00 e. The molecule has 0 amide bonds. The zero-order chi connectivity index (χ0) is 19.6. The van der Waals surface area contributed by atoms with E-state index in [0.717, 1.165) is 6.44 Å². The number of rotatable bonds is 5. The van der Waals surface area contributed by atoms with Crippen molar-refractivity contribution in [3.63, 3.8) is 0 Å². The molecule has 0 bridgehead atoms. The van der Waals surface area contributed by atoms with E-state index in [2.05, 4.69) is 112 Å². The minimum absolute atomic E-state index is 0.